The molecular weight excluding hydrogens is 677 g/mol. The van der Waals surface area contributed by atoms with E-state index in [1.165, 1.54) is 7.11 Å². The van der Waals surface area contributed by atoms with Crippen LogP contribution < -0.4 is 10.6 Å². The third kappa shape index (κ3) is 9.42. The third-order valence-electron chi connectivity index (χ3n) is 9.07. The van der Waals surface area contributed by atoms with Gasteiger partial charge in [-0.25, -0.2) is 19.6 Å². The van der Waals surface area contributed by atoms with Gasteiger partial charge in [0.1, 0.15) is 6.04 Å². The van der Waals surface area contributed by atoms with E-state index in [0.29, 0.717) is 17.3 Å². The molecule has 1 saturated heterocycles. The number of esters is 1. The maximum atomic E-state index is 13.0. The van der Waals surface area contributed by atoms with Crippen LogP contribution in [0.4, 0.5) is 4.79 Å². The lowest BCUT2D eigenvalue weighted by Crippen LogP contribution is -2.47. The van der Waals surface area contributed by atoms with Crippen molar-refractivity contribution in [1.29, 1.82) is 0 Å². The molecule has 268 valence electrons. The number of methoxy groups -OCH3 is 1. The molecular formula is C41H42N4O6S. The van der Waals surface area contributed by atoms with Gasteiger partial charge in [-0.3, -0.25) is 0 Å². The minimum Gasteiger partial charge on any atom is -0.467 e. The number of benzene rings is 4. The van der Waals surface area contributed by atoms with Crippen LogP contribution in [0.15, 0.2) is 127 Å². The molecule has 10 nitrogen and oxygen atoms in total. The Morgan fingerprint density at radius 3 is 2.25 bits per heavy atom. The molecule has 52 heavy (non-hydrogen) atoms. The Kier molecular flexibility index (Phi) is 12.7. The van der Waals surface area contributed by atoms with E-state index in [-0.39, 0.29) is 31.3 Å². The number of aromatic nitrogens is 2. The fraction of sp³-hybridized carbons (Fsp3) is 0.268. The summed E-state index contributed by atoms with van der Waals surface area (Å²) < 4.78 is 18.2. The number of hydrogen-bond acceptors (Lipinski definition) is 9. The summed E-state index contributed by atoms with van der Waals surface area (Å²) in [7, 11) is 1.31. The van der Waals surface area contributed by atoms with E-state index in [9.17, 15) is 14.7 Å². The third-order valence-corrected chi connectivity index (χ3v) is 10.0. The van der Waals surface area contributed by atoms with Gasteiger partial charge < -0.3 is 30.0 Å². The number of aliphatic hydroxyl groups is 1. The number of carbonyl (C=O) groups excluding carboxylic acids is 2. The second-order valence-electron chi connectivity index (χ2n) is 12.5. The minimum absolute atomic E-state index is 0.0210. The Morgan fingerprint density at radius 1 is 0.846 bits per heavy atom. The molecule has 2 heterocycles. The van der Waals surface area contributed by atoms with Crippen molar-refractivity contribution in [2.24, 2.45) is 5.92 Å². The highest BCUT2D eigenvalue weighted by atomic mass is 32.2. The maximum Gasteiger partial charge on any atom is 0.328 e. The van der Waals surface area contributed by atoms with Gasteiger partial charge in [0, 0.05) is 42.6 Å². The summed E-state index contributed by atoms with van der Waals surface area (Å²) in [5, 5.41) is 15.9. The summed E-state index contributed by atoms with van der Waals surface area (Å²) in [5.74, 6) is 0.167. The first-order chi connectivity index (χ1) is 25.4. The largest absolute Gasteiger partial charge is 0.467 e. The highest BCUT2D eigenvalue weighted by molar-refractivity contribution is 7.99. The van der Waals surface area contributed by atoms with Crippen LogP contribution >= 0.6 is 11.8 Å². The SMILES string of the molecule is COC(=O)[C@H](Cc1ccccc1)NC(=O)NCc1ccccc1-c1ccc([C@H]2O[C@@H](CSc3ncccn3)[C@@H](C)[C@@H](c3ccc(CO)cc3)O2)cc1. The summed E-state index contributed by atoms with van der Waals surface area (Å²) >= 11 is 1.55. The zero-order valence-electron chi connectivity index (χ0n) is 29.1. The molecule has 6 rings (SSSR count). The monoisotopic (exact) mass is 718 g/mol. The second kappa shape index (κ2) is 17.9. The van der Waals surface area contributed by atoms with Crippen LogP contribution in [-0.2, 0) is 38.6 Å². The predicted octanol–water partition coefficient (Wildman–Crippen LogP) is 6.80. The van der Waals surface area contributed by atoms with Crippen LogP contribution in [0.5, 0.6) is 0 Å². The molecule has 0 bridgehead atoms. The standard InChI is InChI=1S/C41H42N4O6S/c1-27-36(26-52-41-42-21-8-22-43-41)50-39(51-37(27)31-15-13-29(25-46)14-16-31)32-19-17-30(18-20-32)34-12-7-6-11-33(34)24-44-40(48)45-35(38(47)49-2)23-28-9-4-3-5-10-28/h3-22,27,35-37,39,46H,23-26H2,1-2H3,(H2,44,45,48)/t27-,35+,36+,37+,39+/m1/s1. The van der Waals surface area contributed by atoms with Gasteiger partial charge in [0.25, 0.3) is 0 Å². The van der Waals surface area contributed by atoms with Gasteiger partial charge in [-0.15, -0.1) is 0 Å². The van der Waals surface area contributed by atoms with Gasteiger partial charge in [0.05, 0.1) is 25.9 Å². The molecule has 0 aliphatic carbocycles. The predicted molar refractivity (Wildman–Crippen MR) is 199 cm³/mol. The first-order valence-corrected chi connectivity index (χ1v) is 18.1. The van der Waals surface area contributed by atoms with Gasteiger partial charge in [0.15, 0.2) is 11.4 Å². The van der Waals surface area contributed by atoms with Crippen LogP contribution in [0.1, 0.15) is 47.1 Å². The molecule has 1 fully saturated rings. The van der Waals surface area contributed by atoms with Crippen LogP contribution in [0.3, 0.4) is 0 Å². The van der Waals surface area contributed by atoms with E-state index in [1.54, 1.807) is 30.2 Å². The molecule has 11 heteroatoms. The molecule has 5 atom stereocenters. The molecule has 5 aromatic rings. The highest BCUT2D eigenvalue weighted by Crippen LogP contribution is 2.43. The van der Waals surface area contributed by atoms with E-state index >= 15 is 0 Å². The number of ether oxygens (including phenoxy) is 3. The van der Waals surface area contributed by atoms with Gasteiger partial charge >= 0.3 is 12.0 Å². The van der Waals surface area contributed by atoms with Crippen LogP contribution in [-0.4, -0.2) is 52.1 Å². The van der Waals surface area contributed by atoms with Gasteiger partial charge in [0.2, 0.25) is 0 Å². The number of hydrogen-bond donors (Lipinski definition) is 3. The molecule has 1 aromatic heterocycles. The Balaban J connectivity index is 1.15. The number of carbonyl (C=O) groups is 2. The quantitative estimate of drug-likeness (QED) is 0.0683. The fourth-order valence-corrected chi connectivity index (χ4v) is 7.14. The second-order valence-corrected chi connectivity index (χ2v) is 13.5. The Morgan fingerprint density at radius 2 is 1.54 bits per heavy atom. The smallest absolute Gasteiger partial charge is 0.328 e. The van der Waals surface area contributed by atoms with Gasteiger partial charge in [-0.2, -0.15) is 0 Å². The molecule has 0 spiro atoms. The molecule has 0 unspecified atom stereocenters. The molecule has 0 saturated carbocycles. The van der Waals surface area contributed by atoms with E-state index in [2.05, 4.69) is 27.5 Å². The molecule has 1 aliphatic heterocycles. The lowest BCUT2D eigenvalue weighted by atomic mass is 9.91. The number of thioether (sulfide) groups is 1. The molecule has 1 aliphatic rings. The van der Waals surface area contributed by atoms with Crippen LogP contribution in [0.25, 0.3) is 11.1 Å². The minimum atomic E-state index is -0.827. The summed E-state index contributed by atoms with van der Waals surface area (Å²) in [6.07, 6.45) is 2.77. The van der Waals surface area contributed by atoms with E-state index < -0.39 is 24.3 Å². The topological polar surface area (TPSA) is 132 Å². The lowest BCUT2D eigenvalue weighted by Gasteiger charge is -2.41. The number of amides is 2. The van der Waals surface area contributed by atoms with Crippen molar-refractivity contribution in [3.8, 4) is 11.1 Å². The average Bonchev–Trinajstić information content (AvgIpc) is 3.20. The van der Waals surface area contributed by atoms with Crippen molar-refractivity contribution < 1.29 is 28.9 Å². The summed E-state index contributed by atoms with van der Waals surface area (Å²) in [4.78, 5) is 34.1. The molecule has 4 aromatic carbocycles. The van der Waals surface area contributed by atoms with Crippen LogP contribution in [0.2, 0.25) is 0 Å². The summed E-state index contributed by atoms with van der Waals surface area (Å²) in [6, 6.07) is 33.8. The van der Waals surface area contributed by atoms with Crippen molar-refractivity contribution in [1.82, 2.24) is 20.6 Å². The van der Waals surface area contributed by atoms with E-state index in [0.717, 1.165) is 38.9 Å². The van der Waals surface area contributed by atoms with Crippen LogP contribution in [0, 0.1) is 5.92 Å². The zero-order chi connectivity index (χ0) is 36.3. The van der Waals surface area contributed by atoms with Crippen molar-refractivity contribution >= 4 is 23.8 Å². The molecule has 3 N–H and O–H groups in total. The van der Waals surface area contributed by atoms with E-state index in [4.69, 9.17) is 14.2 Å². The summed E-state index contributed by atoms with van der Waals surface area (Å²) in [5.41, 5.74) is 6.48. The Labute approximate surface area is 308 Å². The maximum absolute atomic E-state index is 13.0. The number of urea groups is 1. The van der Waals surface area contributed by atoms with Gasteiger partial charge in [-0.1, -0.05) is 122 Å². The van der Waals surface area contributed by atoms with Crippen molar-refractivity contribution in [2.45, 2.75) is 56.2 Å². The van der Waals surface area contributed by atoms with Crippen molar-refractivity contribution in [3.63, 3.8) is 0 Å². The lowest BCUT2D eigenvalue weighted by molar-refractivity contribution is -0.268. The highest BCUT2D eigenvalue weighted by Gasteiger charge is 2.38. The first-order valence-electron chi connectivity index (χ1n) is 17.2. The summed E-state index contributed by atoms with van der Waals surface area (Å²) in [6.45, 7) is 2.36. The fourth-order valence-electron chi connectivity index (χ4n) is 6.17. The number of aliphatic hydroxyl groups excluding tert-OH is 1. The average molecular weight is 719 g/mol. The Bertz CT molecular complexity index is 1900. The number of rotatable bonds is 13. The molecule has 2 amide bonds. The molecule has 0 radical (unpaired) electrons. The number of nitrogens with zero attached hydrogens (tertiary/aromatic N) is 2. The van der Waals surface area contributed by atoms with Crippen molar-refractivity contribution in [2.75, 3.05) is 12.9 Å². The van der Waals surface area contributed by atoms with Crippen molar-refractivity contribution in [3.05, 3.63) is 149 Å². The van der Waals surface area contributed by atoms with E-state index in [1.807, 2.05) is 103 Å². The first kappa shape index (κ1) is 36.7. The zero-order valence-corrected chi connectivity index (χ0v) is 29.9. The Hall–Kier alpha value is -5.07. The number of nitrogens with one attached hydrogen (secondary N) is 2. The normalized spacial score (nSPS) is 19.0. The van der Waals surface area contributed by atoms with Gasteiger partial charge in [-0.05, 0) is 39.4 Å².